The molecule has 0 atom stereocenters. The first kappa shape index (κ1) is 24.5. The van der Waals surface area contributed by atoms with Gasteiger partial charge in [-0.05, 0) is 42.0 Å². The molecule has 0 saturated carbocycles. The van der Waals surface area contributed by atoms with Gasteiger partial charge in [-0.1, -0.05) is 12.1 Å². The third-order valence-electron chi connectivity index (χ3n) is 5.79. The minimum absolute atomic E-state index is 0.0248. The van der Waals surface area contributed by atoms with Gasteiger partial charge in [-0.15, -0.1) is 0 Å². The predicted octanol–water partition coefficient (Wildman–Crippen LogP) is 4.21. The van der Waals surface area contributed by atoms with Gasteiger partial charge in [-0.25, -0.2) is 4.39 Å². The summed E-state index contributed by atoms with van der Waals surface area (Å²) in [5.41, 5.74) is 2.77. The van der Waals surface area contributed by atoms with Crippen molar-refractivity contribution >= 4 is 11.6 Å². The van der Waals surface area contributed by atoms with Gasteiger partial charge in [-0.2, -0.15) is 13.2 Å². The summed E-state index contributed by atoms with van der Waals surface area (Å²) in [5, 5.41) is 11.4. The number of alkyl halides is 3. The Hall–Kier alpha value is -3.66. The van der Waals surface area contributed by atoms with Crippen LogP contribution in [0.5, 0.6) is 5.75 Å². The van der Waals surface area contributed by atoms with Crippen LogP contribution in [0.25, 0.3) is 11.1 Å². The maximum absolute atomic E-state index is 14.7. The van der Waals surface area contributed by atoms with Crippen molar-refractivity contribution in [1.82, 2.24) is 15.2 Å². The van der Waals surface area contributed by atoms with Crippen LogP contribution in [0.15, 0.2) is 60.9 Å². The number of anilines is 1. The molecule has 184 valence electrons. The largest absolute Gasteiger partial charge is 0.506 e. The summed E-state index contributed by atoms with van der Waals surface area (Å²) in [5.74, 6) is -1.17. The van der Waals surface area contributed by atoms with Gasteiger partial charge in [0, 0.05) is 61.3 Å². The van der Waals surface area contributed by atoms with Gasteiger partial charge in [0.05, 0.1) is 6.20 Å². The molecule has 1 saturated heterocycles. The van der Waals surface area contributed by atoms with Crippen LogP contribution >= 0.6 is 0 Å². The molecule has 0 spiro atoms. The molecule has 2 aromatic carbocycles. The Bertz CT molecular complexity index is 1180. The second-order valence-electron chi connectivity index (χ2n) is 8.35. The monoisotopic (exact) mass is 488 g/mol. The number of nitrogens with zero attached hydrogens (tertiary/aromatic N) is 3. The third kappa shape index (κ3) is 6.48. The van der Waals surface area contributed by atoms with Crippen LogP contribution < -0.4 is 10.2 Å². The zero-order chi connectivity index (χ0) is 25.0. The molecular formula is C25H24F4N4O2. The number of aromatic hydroxyl groups is 1. The van der Waals surface area contributed by atoms with Crippen molar-refractivity contribution in [2.45, 2.75) is 12.7 Å². The van der Waals surface area contributed by atoms with Gasteiger partial charge < -0.3 is 15.3 Å². The molecule has 2 heterocycles. The molecule has 35 heavy (non-hydrogen) atoms. The second kappa shape index (κ2) is 10.3. The maximum atomic E-state index is 14.7. The molecule has 1 aliphatic heterocycles. The lowest BCUT2D eigenvalue weighted by Gasteiger charge is -2.36. The molecule has 1 fully saturated rings. The topological polar surface area (TPSA) is 68.7 Å². The number of pyridine rings is 1. The van der Waals surface area contributed by atoms with E-state index in [1.54, 1.807) is 18.2 Å². The van der Waals surface area contributed by atoms with Gasteiger partial charge in [-0.3, -0.25) is 14.7 Å². The summed E-state index contributed by atoms with van der Waals surface area (Å²) >= 11 is 0. The van der Waals surface area contributed by atoms with E-state index in [0.29, 0.717) is 17.7 Å². The van der Waals surface area contributed by atoms with Crippen molar-refractivity contribution in [3.63, 3.8) is 0 Å². The number of amides is 1. The molecule has 2 N–H and O–H groups in total. The summed E-state index contributed by atoms with van der Waals surface area (Å²) in [6, 6.07) is 13.0. The summed E-state index contributed by atoms with van der Waals surface area (Å²) in [7, 11) is 0. The van der Waals surface area contributed by atoms with E-state index in [4.69, 9.17) is 0 Å². The van der Waals surface area contributed by atoms with Crippen molar-refractivity contribution in [3.05, 3.63) is 77.9 Å². The fourth-order valence-electron chi connectivity index (χ4n) is 3.99. The Morgan fingerprint density at radius 3 is 2.34 bits per heavy atom. The van der Waals surface area contributed by atoms with Crippen LogP contribution in [-0.2, 0) is 6.54 Å². The van der Waals surface area contributed by atoms with Crippen molar-refractivity contribution in [3.8, 4) is 16.9 Å². The van der Waals surface area contributed by atoms with Crippen LogP contribution in [-0.4, -0.2) is 59.8 Å². The standard InChI is InChI=1S/C25H24F4N4O2/c26-23-11-17(1-6-22(23)19-12-21(34)14-30-13-19)15-32-7-9-33(10-8-32)20-4-2-18(3-5-20)24(35)31-16-25(27,28)29/h1-6,11-14,34H,7-10,15-16H2,(H,31,35). The Kier molecular flexibility index (Phi) is 7.20. The normalized spacial score (nSPS) is 14.7. The molecule has 1 aromatic heterocycles. The molecular weight excluding hydrogens is 464 g/mol. The number of piperazine rings is 1. The van der Waals surface area contributed by atoms with Gasteiger partial charge in [0.15, 0.2) is 0 Å². The molecule has 6 nitrogen and oxygen atoms in total. The summed E-state index contributed by atoms with van der Waals surface area (Å²) in [6.45, 7) is 2.14. The lowest BCUT2D eigenvalue weighted by molar-refractivity contribution is -0.123. The lowest BCUT2D eigenvalue weighted by atomic mass is 10.0. The summed E-state index contributed by atoms with van der Waals surface area (Å²) in [4.78, 5) is 20.1. The van der Waals surface area contributed by atoms with Crippen molar-refractivity contribution < 1.29 is 27.5 Å². The van der Waals surface area contributed by atoms with Crippen molar-refractivity contribution in [1.29, 1.82) is 0 Å². The third-order valence-corrected chi connectivity index (χ3v) is 5.79. The minimum Gasteiger partial charge on any atom is -0.506 e. The molecule has 1 amide bonds. The minimum atomic E-state index is -4.45. The Morgan fingerprint density at radius 2 is 1.71 bits per heavy atom. The Labute approximate surface area is 199 Å². The maximum Gasteiger partial charge on any atom is 0.405 e. The van der Waals surface area contributed by atoms with Crippen molar-refractivity contribution in [2.75, 3.05) is 37.6 Å². The SMILES string of the molecule is O=C(NCC(F)(F)F)c1ccc(N2CCN(Cc3ccc(-c4cncc(O)c4)c(F)c3)CC2)cc1. The number of hydrogen-bond acceptors (Lipinski definition) is 5. The predicted molar refractivity (Wildman–Crippen MR) is 124 cm³/mol. The number of aromatic nitrogens is 1. The highest BCUT2D eigenvalue weighted by Crippen LogP contribution is 2.26. The molecule has 0 radical (unpaired) electrons. The first-order chi connectivity index (χ1) is 16.7. The molecule has 0 unspecified atom stereocenters. The highest BCUT2D eigenvalue weighted by molar-refractivity contribution is 5.94. The number of carbonyl (C=O) groups is 1. The van der Waals surface area contributed by atoms with Crippen LogP contribution in [0.1, 0.15) is 15.9 Å². The number of benzene rings is 2. The molecule has 1 aliphatic rings. The van der Waals surface area contributed by atoms with E-state index in [-0.39, 0.29) is 17.1 Å². The zero-order valence-corrected chi connectivity index (χ0v) is 18.7. The molecule has 10 heteroatoms. The quantitative estimate of drug-likeness (QED) is 0.509. The Morgan fingerprint density at radius 1 is 1.00 bits per heavy atom. The van der Waals surface area contributed by atoms with E-state index in [2.05, 4.69) is 14.8 Å². The average Bonchev–Trinajstić information content (AvgIpc) is 2.83. The molecule has 3 aromatic rings. The average molecular weight is 488 g/mol. The molecule has 0 bridgehead atoms. The number of rotatable bonds is 6. The first-order valence-corrected chi connectivity index (χ1v) is 11.0. The first-order valence-electron chi connectivity index (χ1n) is 11.0. The number of carbonyl (C=O) groups excluding carboxylic acids is 1. The van der Waals surface area contributed by atoms with Crippen LogP contribution in [0, 0.1) is 5.82 Å². The van der Waals surface area contributed by atoms with Gasteiger partial charge in [0.25, 0.3) is 5.91 Å². The Balaban J connectivity index is 1.30. The highest BCUT2D eigenvalue weighted by Gasteiger charge is 2.28. The fraction of sp³-hybridized carbons (Fsp3) is 0.280. The van der Waals surface area contributed by atoms with Gasteiger partial charge in [0.2, 0.25) is 0 Å². The van der Waals surface area contributed by atoms with E-state index in [9.17, 15) is 27.5 Å². The van der Waals surface area contributed by atoms with E-state index in [1.807, 2.05) is 11.4 Å². The van der Waals surface area contributed by atoms with E-state index in [1.165, 1.54) is 36.7 Å². The lowest BCUT2D eigenvalue weighted by Crippen LogP contribution is -2.46. The molecule has 4 rings (SSSR count). The van der Waals surface area contributed by atoms with Crippen LogP contribution in [0.2, 0.25) is 0 Å². The highest BCUT2D eigenvalue weighted by atomic mass is 19.4. The van der Waals surface area contributed by atoms with Crippen LogP contribution in [0.4, 0.5) is 23.2 Å². The van der Waals surface area contributed by atoms with Crippen molar-refractivity contribution in [2.24, 2.45) is 0 Å². The van der Waals surface area contributed by atoms with Gasteiger partial charge >= 0.3 is 6.18 Å². The zero-order valence-electron chi connectivity index (χ0n) is 18.7. The van der Waals surface area contributed by atoms with E-state index < -0.39 is 18.6 Å². The second-order valence-corrected chi connectivity index (χ2v) is 8.35. The summed E-state index contributed by atoms with van der Waals surface area (Å²) < 4.78 is 51.5. The van der Waals surface area contributed by atoms with Gasteiger partial charge in [0.1, 0.15) is 18.1 Å². The smallest absolute Gasteiger partial charge is 0.405 e. The fourth-order valence-corrected chi connectivity index (χ4v) is 3.99. The number of halogens is 4. The number of nitrogens with one attached hydrogen (secondary N) is 1. The van der Waals surface area contributed by atoms with E-state index in [0.717, 1.165) is 37.4 Å². The number of hydrogen-bond donors (Lipinski definition) is 2. The summed E-state index contributed by atoms with van der Waals surface area (Å²) in [6.07, 6.45) is -1.66. The molecule has 0 aliphatic carbocycles. The van der Waals surface area contributed by atoms with E-state index >= 15 is 0 Å². The van der Waals surface area contributed by atoms with Crippen LogP contribution in [0.3, 0.4) is 0 Å².